The Hall–Kier alpha value is -2.80. The van der Waals surface area contributed by atoms with Gasteiger partial charge in [0.15, 0.2) is 9.84 Å². The van der Waals surface area contributed by atoms with Crippen LogP contribution in [0, 0.1) is 0 Å². The third-order valence-corrected chi connectivity index (χ3v) is 4.97. The topological polar surface area (TPSA) is 89.0 Å². The quantitative estimate of drug-likeness (QED) is 0.777. The van der Waals surface area contributed by atoms with E-state index in [-0.39, 0.29) is 22.5 Å². The number of nitrogens with zero attached hydrogens (tertiary/aromatic N) is 2. The van der Waals surface area contributed by atoms with Crippen LogP contribution in [-0.4, -0.2) is 30.5 Å². The van der Waals surface area contributed by atoms with Crippen molar-refractivity contribution >= 4 is 26.8 Å². The summed E-state index contributed by atoms with van der Waals surface area (Å²) >= 11 is 0. The molecule has 0 aliphatic rings. The second kappa shape index (κ2) is 6.60. The molecule has 1 heterocycles. The first-order valence-corrected chi connectivity index (χ1v) is 9.56. The van der Waals surface area contributed by atoms with Gasteiger partial charge in [0.1, 0.15) is 5.69 Å². The van der Waals surface area contributed by atoms with Crippen LogP contribution in [0.25, 0.3) is 11.0 Å². The van der Waals surface area contributed by atoms with Crippen LogP contribution in [0.1, 0.15) is 29.0 Å². The van der Waals surface area contributed by atoms with Crippen molar-refractivity contribution in [1.29, 1.82) is 0 Å². The van der Waals surface area contributed by atoms with Crippen LogP contribution in [0.5, 0.6) is 0 Å². The van der Waals surface area contributed by atoms with Gasteiger partial charge in [0.05, 0.1) is 28.2 Å². The molecule has 25 heavy (non-hydrogen) atoms. The van der Waals surface area contributed by atoms with Crippen LogP contribution in [0.3, 0.4) is 0 Å². The van der Waals surface area contributed by atoms with E-state index in [0.29, 0.717) is 5.52 Å². The Balaban J connectivity index is 1.77. The van der Waals surface area contributed by atoms with Gasteiger partial charge in [-0.2, -0.15) is 0 Å². The predicted molar refractivity (Wildman–Crippen MR) is 95.0 cm³/mol. The van der Waals surface area contributed by atoms with E-state index in [1.807, 2.05) is 25.1 Å². The van der Waals surface area contributed by atoms with Gasteiger partial charge in [-0.05, 0) is 36.8 Å². The summed E-state index contributed by atoms with van der Waals surface area (Å²) < 4.78 is 23.0. The molecular formula is C18H17N3O3S. The number of aromatic nitrogens is 2. The van der Waals surface area contributed by atoms with Gasteiger partial charge in [-0.3, -0.25) is 9.78 Å². The summed E-state index contributed by atoms with van der Waals surface area (Å²) in [5.41, 5.74) is 2.41. The molecule has 3 rings (SSSR count). The van der Waals surface area contributed by atoms with Crippen LogP contribution in [-0.2, 0) is 9.84 Å². The number of rotatable bonds is 4. The van der Waals surface area contributed by atoms with Gasteiger partial charge >= 0.3 is 0 Å². The van der Waals surface area contributed by atoms with Crippen molar-refractivity contribution in [3.05, 3.63) is 66.0 Å². The van der Waals surface area contributed by atoms with E-state index in [1.165, 1.54) is 18.3 Å². The fourth-order valence-electron chi connectivity index (χ4n) is 2.42. The van der Waals surface area contributed by atoms with Crippen molar-refractivity contribution in [2.24, 2.45) is 0 Å². The normalized spacial score (nSPS) is 12.7. The Morgan fingerprint density at radius 2 is 1.68 bits per heavy atom. The first kappa shape index (κ1) is 17.0. The molecule has 3 aromatic rings. The van der Waals surface area contributed by atoms with Gasteiger partial charge < -0.3 is 5.32 Å². The number of para-hydroxylation sites is 2. The smallest absolute Gasteiger partial charge is 0.271 e. The van der Waals surface area contributed by atoms with Crippen LogP contribution in [0.4, 0.5) is 0 Å². The van der Waals surface area contributed by atoms with Gasteiger partial charge in [-0.1, -0.05) is 24.3 Å². The van der Waals surface area contributed by atoms with E-state index in [9.17, 15) is 13.2 Å². The maximum absolute atomic E-state index is 12.4. The van der Waals surface area contributed by atoms with Gasteiger partial charge in [0.2, 0.25) is 0 Å². The molecule has 0 aliphatic carbocycles. The van der Waals surface area contributed by atoms with Crippen molar-refractivity contribution in [2.75, 3.05) is 6.26 Å². The van der Waals surface area contributed by atoms with Gasteiger partial charge in [0, 0.05) is 6.26 Å². The fourth-order valence-corrected chi connectivity index (χ4v) is 3.05. The zero-order valence-corrected chi connectivity index (χ0v) is 14.6. The lowest BCUT2D eigenvalue weighted by atomic mass is 10.1. The van der Waals surface area contributed by atoms with Crippen LogP contribution in [0.15, 0.2) is 59.6 Å². The van der Waals surface area contributed by atoms with Crippen molar-refractivity contribution in [2.45, 2.75) is 17.9 Å². The van der Waals surface area contributed by atoms with Gasteiger partial charge in [-0.15, -0.1) is 0 Å². The summed E-state index contributed by atoms with van der Waals surface area (Å²) in [6.07, 6.45) is 2.60. The molecule has 0 aliphatic heterocycles. The summed E-state index contributed by atoms with van der Waals surface area (Å²) in [4.78, 5) is 21.2. The van der Waals surface area contributed by atoms with E-state index in [0.717, 1.165) is 17.3 Å². The number of benzene rings is 2. The number of fused-ring (bicyclic) bond motifs is 1. The Kier molecular flexibility index (Phi) is 4.50. The number of nitrogens with one attached hydrogen (secondary N) is 1. The van der Waals surface area contributed by atoms with Crippen LogP contribution in [0.2, 0.25) is 0 Å². The number of amides is 1. The molecular weight excluding hydrogens is 338 g/mol. The standard InChI is InChI=1S/C18H17N3O3S/c1-12(13-7-9-14(10-8-13)25(2,23)24)20-18(22)17-11-19-15-5-3-4-6-16(15)21-17/h3-12H,1-2H3,(H,20,22). The van der Waals surface area contributed by atoms with Crippen molar-refractivity contribution in [3.8, 4) is 0 Å². The van der Waals surface area contributed by atoms with E-state index in [1.54, 1.807) is 18.2 Å². The lowest BCUT2D eigenvalue weighted by Gasteiger charge is -2.14. The first-order chi connectivity index (χ1) is 11.8. The molecule has 1 atom stereocenters. The Bertz CT molecular complexity index is 1030. The molecule has 128 valence electrons. The minimum Gasteiger partial charge on any atom is -0.344 e. The summed E-state index contributed by atoms with van der Waals surface area (Å²) in [5, 5.41) is 2.84. The second-order valence-corrected chi connectivity index (χ2v) is 7.80. The van der Waals surface area contributed by atoms with E-state index in [4.69, 9.17) is 0 Å². The summed E-state index contributed by atoms with van der Waals surface area (Å²) in [6.45, 7) is 1.82. The largest absolute Gasteiger partial charge is 0.344 e. The molecule has 1 aromatic heterocycles. The van der Waals surface area contributed by atoms with Crippen molar-refractivity contribution in [1.82, 2.24) is 15.3 Å². The van der Waals surface area contributed by atoms with Gasteiger partial charge in [0.25, 0.3) is 5.91 Å². The maximum Gasteiger partial charge on any atom is 0.271 e. The minimum atomic E-state index is -3.24. The highest BCUT2D eigenvalue weighted by Gasteiger charge is 2.14. The minimum absolute atomic E-state index is 0.235. The monoisotopic (exact) mass is 355 g/mol. The summed E-state index contributed by atoms with van der Waals surface area (Å²) in [7, 11) is -3.24. The number of carbonyl (C=O) groups excluding carboxylic acids is 1. The molecule has 6 nitrogen and oxygen atoms in total. The highest BCUT2D eigenvalue weighted by molar-refractivity contribution is 7.90. The number of hydrogen-bond donors (Lipinski definition) is 1. The fraction of sp³-hybridized carbons (Fsp3) is 0.167. The third kappa shape index (κ3) is 3.83. The lowest BCUT2D eigenvalue weighted by Crippen LogP contribution is -2.27. The SMILES string of the molecule is CC(NC(=O)c1cnc2ccccc2n1)c1ccc(S(C)(=O)=O)cc1. The number of carbonyl (C=O) groups is 1. The molecule has 1 unspecified atom stereocenters. The van der Waals surface area contributed by atoms with E-state index < -0.39 is 9.84 Å². The molecule has 0 saturated heterocycles. The summed E-state index contributed by atoms with van der Waals surface area (Å²) in [6, 6.07) is 13.5. The average molecular weight is 355 g/mol. The Morgan fingerprint density at radius 1 is 1.04 bits per heavy atom. The van der Waals surface area contributed by atoms with E-state index in [2.05, 4.69) is 15.3 Å². The lowest BCUT2D eigenvalue weighted by molar-refractivity contribution is 0.0935. The maximum atomic E-state index is 12.4. The van der Waals surface area contributed by atoms with Crippen molar-refractivity contribution in [3.63, 3.8) is 0 Å². The molecule has 7 heteroatoms. The van der Waals surface area contributed by atoms with E-state index >= 15 is 0 Å². The zero-order chi connectivity index (χ0) is 18.0. The van der Waals surface area contributed by atoms with Gasteiger partial charge in [-0.25, -0.2) is 13.4 Å². The predicted octanol–water partition coefficient (Wildman–Crippen LogP) is 2.52. The molecule has 0 spiro atoms. The highest BCUT2D eigenvalue weighted by atomic mass is 32.2. The third-order valence-electron chi connectivity index (χ3n) is 3.84. The molecule has 0 radical (unpaired) electrons. The molecule has 0 saturated carbocycles. The molecule has 0 bridgehead atoms. The second-order valence-electron chi connectivity index (χ2n) is 5.78. The highest BCUT2D eigenvalue weighted by Crippen LogP contribution is 2.17. The molecule has 1 amide bonds. The molecule has 1 N–H and O–H groups in total. The summed E-state index contributed by atoms with van der Waals surface area (Å²) in [5.74, 6) is -0.335. The molecule has 0 fully saturated rings. The van der Waals surface area contributed by atoms with Crippen LogP contribution >= 0.6 is 0 Å². The average Bonchev–Trinajstić information content (AvgIpc) is 2.60. The zero-order valence-electron chi connectivity index (χ0n) is 13.8. The van der Waals surface area contributed by atoms with Crippen molar-refractivity contribution < 1.29 is 13.2 Å². The first-order valence-electron chi connectivity index (χ1n) is 7.67. The Morgan fingerprint density at radius 3 is 2.32 bits per heavy atom. The molecule has 2 aromatic carbocycles. The number of sulfone groups is 1. The number of hydrogen-bond acceptors (Lipinski definition) is 5. The Labute approximate surface area is 145 Å². The van der Waals surface area contributed by atoms with Crippen LogP contribution < -0.4 is 5.32 Å².